The summed E-state index contributed by atoms with van der Waals surface area (Å²) >= 11 is 5.92. The van der Waals surface area contributed by atoms with Gasteiger partial charge in [-0.1, -0.05) is 54.8 Å². The van der Waals surface area contributed by atoms with Crippen LogP contribution in [0, 0.1) is 0 Å². The van der Waals surface area contributed by atoms with E-state index in [9.17, 15) is 14.4 Å². The molecule has 0 spiro atoms. The number of nitrogens with zero attached hydrogens (tertiary/aromatic N) is 2. The van der Waals surface area contributed by atoms with Crippen LogP contribution in [0.2, 0.25) is 5.02 Å². The van der Waals surface area contributed by atoms with E-state index in [0.29, 0.717) is 22.7 Å². The number of carbonyl (C=O) groups excluding carboxylic acids is 3. The van der Waals surface area contributed by atoms with Crippen LogP contribution in [0.1, 0.15) is 41.6 Å². The quantitative estimate of drug-likeness (QED) is 0.423. The van der Waals surface area contributed by atoms with Crippen molar-refractivity contribution in [1.29, 1.82) is 0 Å². The third-order valence-electron chi connectivity index (χ3n) is 5.94. The van der Waals surface area contributed by atoms with Gasteiger partial charge in [0.05, 0.1) is 11.9 Å². The fourth-order valence-corrected chi connectivity index (χ4v) is 4.26. The Morgan fingerprint density at radius 3 is 2.46 bits per heavy atom. The monoisotopic (exact) mass is 493 g/mol. The second-order valence-electron chi connectivity index (χ2n) is 8.69. The van der Waals surface area contributed by atoms with Gasteiger partial charge < -0.3 is 16.0 Å². The highest BCUT2D eigenvalue weighted by molar-refractivity contribution is 6.30. The van der Waals surface area contributed by atoms with Crippen LogP contribution in [0.3, 0.4) is 0 Å². The first-order valence-corrected chi connectivity index (χ1v) is 12.1. The topological polar surface area (TPSA) is 105 Å². The molecule has 0 bridgehead atoms. The number of anilines is 1. The zero-order valence-electron chi connectivity index (χ0n) is 19.2. The molecule has 3 N–H and O–H groups in total. The molecule has 0 radical (unpaired) electrons. The molecule has 9 heteroatoms. The van der Waals surface area contributed by atoms with Crippen molar-refractivity contribution in [3.05, 3.63) is 83.1 Å². The molecule has 1 heterocycles. The van der Waals surface area contributed by atoms with Crippen molar-refractivity contribution in [1.82, 2.24) is 20.4 Å². The molecule has 1 unspecified atom stereocenters. The van der Waals surface area contributed by atoms with Gasteiger partial charge >= 0.3 is 0 Å². The molecular weight excluding hydrogens is 466 g/mol. The maximum atomic E-state index is 13.1. The van der Waals surface area contributed by atoms with Crippen molar-refractivity contribution in [3.8, 4) is 0 Å². The van der Waals surface area contributed by atoms with E-state index in [0.717, 1.165) is 31.2 Å². The van der Waals surface area contributed by atoms with Crippen LogP contribution >= 0.6 is 11.6 Å². The molecule has 2 aromatic carbocycles. The predicted octanol–water partition coefficient (Wildman–Crippen LogP) is 3.58. The first-order valence-electron chi connectivity index (χ1n) is 11.7. The number of aromatic nitrogens is 2. The van der Waals surface area contributed by atoms with E-state index in [1.807, 2.05) is 30.3 Å². The Balaban J connectivity index is 1.40. The average molecular weight is 494 g/mol. The minimum Gasteiger partial charge on any atom is -0.352 e. The predicted molar refractivity (Wildman–Crippen MR) is 134 cm³/mol. The van der Waals surface area contributed by atoms with Crippen LogP contribution in [0.5, 0.6) is 0 Å². The third-order valence-corrected chi connectivity index (χ3v) is 6.19. The lowest BCUT2D eigenvalue weighted by atomic mass is 10.0. The van der Waals surface area contributed by atoms with E-state index >= 15 is 0 Å². The summed E-state index contributed by atoms with van der Waals surface area (Å²) in [5.41, 5.74) is 1.76. The van der Waals surface area contributed by atoms with Crippen molar-refractivity contribution in [2.24, 2.45) is 0 Å². The average Bonchev–Trinajstić information content (AvgIpc) is 3.51. The molecule has 0 aliphatic heterocycles. The summed E-state index contributed by atoms with van der Waals surface area (Å²) in [4.78, 5) is 38.2. The van der Waals surface area contributed by atoms with Gasteiger partial charge in [-0.15, -0.1) is 0 Å². The van der Waals surface area contributed by atoms with Crippen molar-refractivity contribution in [2.75, 3.05) is 5.32 Å². The summed E-state index contributed by atoms with van der Waals surface area (Å²) in [5, 5.41) is 13.3. The van der Waals surface area contributed by atoms with E-state index in [4.69, 9.17) is 11.6 Å². The zero-order chi connectivity index (χ0) is 24.6. The van der Waals surface area contributed by atoms with Gasteiger partial charge in [-0.3, -0.25) is 19.1 Å². The molecule has 3 amide bonds. The molecule has 1 aliphatic carbocycles. The Bertz CT molecular complexity index is 1160. The number of nitrogens with one attached hydrogen (secondary N) is 3. The molecule has 1 fully saturated rings. The number of rotatable bonds is 9. The van der Waals surface area contributed by atoms with Gasteiger partial charge in [0, 0.05) is 29.2 Å². The van der Waals surface area contributed by atoms with Gasteiger partial charge in [0.1, 0.15) is 12.6 Å². The van der Waals surface area contributed by atoms with E-state index < -0.39 is 6.04 Å². The van der Waals surface area contributed by atoms with Gasteiger partial charge in [0.25, 0.3) is 5.91 Å². The lowest BCUT2D eigenvalue weighted by Gasteiger charge is -2.18. The second kappa shape index (κ2) is 11.7. The molecule has 8 nitrogen and oxygen atoms in total. The van der Waals surface area contributed by atoms with E-state index in [1.54, 1.807) is 30.5 Å². The highest BCUT2D eigenvalue weighted by Gasteiger charge is 2.23. The van der Waals surface area contributed by atoms with Gasteiger partial charge in [0.2, 0.25) is 11.8 Å². The van der Waals surface area contributed by atoms with Crippen LogP contribution in [0.4, 0.5) is 5.69 Å². The third kappa shape index (κ3) is 7.16. The summed E-state index contributed by atoms with van der Waals surface area (Å²) in [6.07, 6.45) is 7.70. The molecule has 35 heavy (non-hydrogen) atoms. The fourth-order valence-electron chi connectivity index (χ4n) is 4.14. The van der Waals surface area contributed by atoms with Gasteiger partial charge in [-0.2, -0.15) is 5.10 Å². The Morgan fingerprint density at radius 2 is 1.74 bits per heavy atom. The number of benzene rings is 2. The molecular formula is C26H28ClN5O3. The zero-order valence-corrected chi connectivity index (χ0v) is 20.0. The lowest BCUT2D eigenvalue weighted by molar-refractivity contribution is -0.122. The molecule has 0 saturated heterocycles. The molecule has 3 aromatic rings. The maximum Gasteiger partial charge on any atom is 0.251 e. The van der Waals surface area contributed by atoms with Crippen LogP contribution in [-0.2, 0) is 22.6 Å². The summed E-state index contributed by atoms with van der Waals surface area (Å²) in [6.45, 7) is 0.0765. The van der Waals surface area contributed by atoms with Gasteiger partial charge in [0.15, 0.2) is 0 Å². The number of carbonyl (C=O) groups is 3. The number of hydrogen-bond acceptors (Lipinski definition) is 4. The summed E-state index contributed by atoms with van der Waals surface area (Å²) in [6, 6.07) is 15.3. The summed E-state index contributed by atoms with van der Waals surface area (Å²) in [5.74, 6) is -0.863. The smallest absolute Gasteiger partial charge is 0.251 e. The van der Waals surface area contributed by atoms with Crippen molar-refractivity contribution in [3.63, 3.8) is 0 Å². The van der Waals surface area contributed by atoms with Gasteiger partial charge in [-0.25, -0.2) is 0 Å². The summed E-state index contributed by atoms with van der Waals surface area (Å²) in [7, 11) is 0. The second-order valence-corrected chi connectivity index (χ2v) is 9.12. The van der Waals surface area contributed by atoms with E-state index in [2.05, 4.69) is 21.0 Å². The molecule has 182 valence electrons. The standard InChI is InChI=1S/C26H28ClN5O3/c27-20-12-10-19(11-13-20)25(34)31-23(14-18-6-2-1-3-7-18)26(35)30-22-15-28-32(16-22)17-24(33)29-21-8-4-5-9-21/h1-3,6-7,10-13,15-16,21,23H,4-5,8-9,14,17H2,(H,29,33)(H,30,35)(H,31,34). The number of amides is 3. The largest absolute Gasteiger partial charge is 0.352 e. The van der Waals surface area contributed by atoms with Crippen LogP contribution in [0.15, 0.2) is 67.0 Å². The minimum absolute atomic E-state index is 0.0765. The van der Waals surface area contributed by atoms with Crippen LogP contribution in [-0.4, -0.2) is 39.6 Å². The van der Waals surface area contributed by atoms with E-state index in [-0.39, 0.29) is 30.3 Å². The maximum absolute atomic E-state index is 13.1. The van der Waals surface area contributed by atoms with Crippen molar-refractivity contribution in [2.45, 2.75) is 50.7 Å². The number of hydrogen-bond donors (Lipinski definition) is 3. The van der Waals surface area contributed by atoms with Gasteiger partial charge in [-0.05, 0) is 42.7 Å². The molecule has 4 rings (SSSR count). The van der Waals surface area contributed by atoms with Crippen LogP contribution in [0.25, 0.3) is 0 Å². The molecule has 1 aliphatic rings. The fraction of sp³-hybridized carbons (Fsp3) is 0.308. The molecule has 1 saturated carbocycles. The lowest BCUT2D eigenvalue weighted by Crippen LogP contribution is -2.45. The Kier molecular flexibility index (Phi) is 8.15. The van der Waals surface area contributed by atoms with Crippen molar-refractivity contribution >= 4 is 35.0 Å². The molecule has 1 aromatic heterocycles. The Labute approximate surface area is 209 Å². The molecule has 1 atom stereocenters. The van der Waals surface area contributed by atoms with Crippen molar-refractivity contribution < 1.29 is 14.4 Å². The van der Waals surface area contributed by atoms with Crippen LogP contribution < -0.4 is 16.0 Å². The SMILES string of the molecule is O=C(Cn1cc(NC(=O)C(Cc2ccccc2)NC(=O)c2ccc(Cl)cc2)cn1)NC1CCCC1. The highest BCUT2D eigenvalue weighted by atomic mass is 35.5. The highest BCUT2D eigenvalue weighted by Crippen LogP contribution is 2.17. The first-order chi connectivity index (χ1) is 17.0. The minimum atomic E-state index is -0.824. The normalized spacial score (nSPS) is 14.3. The summed E-state index contributed by atoms with van der Waals surface area (Å²) < 4.78 is 1.48. The Hall–Kier alpha value is -3.65. The Morgan fingerprint density at radius 1 is 1.03 bits per heavy atom. The number of halogens is 1. The van der Waals surface area contributed by atoms with E-state index in [1.165, 1.54) is 10.9 Å². The first kappa shape index (κ1) is 24.5.